The molecule has 0 radical (unpaired) electrons. The molecule has 0 saturated carbocycles. The molecule has 0 saturated heterocycles. The number of carbonyl (C=O) groups is 2. The van der Waals surface area contributed by atoms with Crippen molar-refractivity contribution in [1.82, 2.24) is 0 Å². The summed E-state index contributed by atoms with van der Waals surface area (Å²) in [6, 6.07) is 0. The van der Waals surface area contributed by atoms with Gasteiger partial charge in [-0.2, -0.15) is 0 Å². The van der Waals surface area contributed by atoms with Crippen LogP contribution in [0.2, 0.25) is 0 Å². The summed E-state index contributed by atoms with van der Waals surface area (Å²) in [5, 5.41) is 19.3. The van der Waals surface area contributed by atoms with Crippen molar-refractivity contribution >= 4 is 19.8 Å². The van der Waals surface area contributed by atoms with Gasteiger partial charge in [-0.3, -0.25) is 18.6 Å². The number of phosphoric ester groups is 1. The minimum absolute atomic E-state index is 0.182. The summed E-state index contributed by atoms with van der Waals surface area (Å²) in [4.78, 5) is 34.7. The highest BCUT2D eigenvalue weighted by atomic mass is 31.2. The lowest BCUT2D eigenvalue weighted by atomic mass is 10.0. The van der Waals surface area contributed by atoms with Crippen molar-refractivity contribution in [3.8, 4) is 0 Å². The van der Waals surface area contributed by atoms with E-state index in [1.165, 1.54) is 128 Å². The first-order valence-corrected chi connectivity index (χ1v) is 27.6. The van der Waals surface area contributed by atoms with Gasteiger partial charge in [-0.05, 0) is 51.4 Å². The van der Waals surface area contributed by atoms with Crippen LogP contribution in [-0.2, 0) is 32.7 Å². The topological polar surface area (TPSA) is 149 Å². The van der Waals surface area contributed by atoms with Crippen LogP contribution in [0.15, 0.2) is 48.6 Å². The van der Waals surface area contributed by atoms with Gasteiger partial charge in [0.1, 0.15) is 12.2 Å². The van der Waals surface area contributed by atoms with Crippen LogP contribution in [0.25, 0.3) is 0 Å². The molecule has 3 unspecified atom stereocenters. The molecule has 0 bridgehead atoms. The molecule has 0 spiro atoms. The average Bonchev–Trinajstić information content (AvgIpc) is 3.29. The Bertz CT molecular complexity index is 1200. The first-order chi connectivity index (χ1) is 31.3. The van der Waals surface area contributed by atoms with Crippen LogP contribution in [0.1, 0.15) is 239 Å². The van der Waals surface area contributed by atoms with Crippen LogP contribution in [0.5, 0.6) is 0 Å². The Morgan fingerprint density at radius 3 is 1.06 bits per heavy atom. The number of ether oxygens (including phenoxy) is 2. The molecule has 0 aromatic heterocycles. The number of aliphatic hydroxyl groups is 2. The smallest absolute Gasteiger partial charge is 0.457 e. The van der Waals surface area contributed by atoms with Gasteiger partial charge in [0.2, 0.25) is 0 Å². The van der Waals surface area contributed by atoms with Gasteiger partial charge in [-0.15, -0.1) is 0 Å². The number of phosphoric acid groups is 1. The molecule has 3 atom stereocenters. The molecule has 0 aromatic rings. The summed E-state index contributed by atoms with van der Waals surface area (Å²) < 4.78 is 32.7. The molecule has 0 fully saturated rings. The highest BCUT2D eigenvalue weighted by Gasteiger charge is 2.27. The maximum Gasteiger partial charge on any atom is 0.472 e. The van der Waals surface area contributed by atoms with Gasteiger partial charge in [0.25, 0.3) is 0 Å². The Balaban J connectivity index is 3.83. The largest absolute Gasteiger partial charge is 0.472 e. The van der Waals surface area contributed by atoms with Crippen LogP contribution in [0.3, 0.4) is 0 Å². The van der Waals surface area contributed by atoms with Crippen molar-refractivity contribution in [2.45, 2.75) is 251 Å². The van der Waals surface area contributed by atoms with Gasteiger partial charge in [0, 0.05) is 12.8 Å². The summed E-state index contributed by atoms with van der Waals surface area (Å²) in [5.41, 5.74) is 0. The lowest BCUT2D eigenvalue weighted by Gasteiger charge is -2.20. The van der Waals surface area contributed by atoms with Gasteiger partial charge in [0.15, 0.2) is 0 Å². The van der Waals surface area contributed by atoms with Crippen LogP contribution in [0, 0.1) is 0 Å². The fourth-order valence-electron chi connectivity index (χ4n) is 7.34. The van der Waals surface area contributed by atoms with E-state index in [4.69, 9.17) is 18.5 Å². The molecule has 0 aromatic carbocycles. The lowest BCUT2D eigenvalue weighted by Crippen LogP contribution is -2.28. The molecule has 0 heterocycles. The number of aliphatic hydroxyl groups excluding tert-OH is 2. The standard InChI is InChI=1S/C53H97O10P/c1-3-5-7-9-11-13-15-17-19-21-23-25-27-29-31-33-35-37-39-41-43-45-53(57)63-51(47-55)49-61-64(58,59)60-48-50(46-54)62-52(56)44-42-40-38-36-34-32-30-28-26-24-22-20-18-16-14-12-10-8-6-4-2/h5,7,11,13,17,19,23,25,50-51,54-55H,3-4,6,8-10,12,14-16,18,20-22,24,26-49H2,1-2H3,(H,58,59)/b7-5-,13-11-,19-17-,25-23-. The van der Waals surface area contributed by atoms with Crippen LogP contribution < -0.4 is 0 Å². The lowest BCUT2D eigenvalue weighted by molar-refractivity contribution is -0.153. The Labute approximate surface area is 392 Å². The van der Waals surface area contributed by atoms with E-state index in [1.54, 1.807) is 0 Å². The molecule has 0 amide bonds. The zero-order valence-electron chi connectivity index (χ0n) is 41.0. The average molecular weight is 925 g/mol. The monoisotopic (exact) mass is 925 g/mol. The third-order valence-corrected chi connectivity index (χ3v) is 12.3. The number of allylic oxidation sites excluding steroid dienone is 8. The van der Waals surface area contributed by atoms with Crippen molar-refractivity contribution < 1.29 is 47.8 Å². The summed E-state index contributed by atoms with van der Waals surface area (Å²) in [7, 11) is -4.65. The Hall–Kier alpha value is -2.07. The zero-order chi connectivity index (χ0) is 46.9. The molecular formula is C53H97O10P. The predicted octanol–water partition coefficient (Wildman–Crippen LogP) is 14.8. The van der Waals surface area contributed by atoms with Gasteiger partial charge in [-0.25, -0.2) is 4.57 Å². The van der Waals surface area contributed by atoms with Crippen molar-refractivity contribution in [2.75, 3.05) is 26.4 Å². The normalized spacial score (nSPS) is 14.0. The quantitative estimate of drug-likeness (QED) is 0.0233. The van der Waals surface area contributed by atoms with Crippen molar-refractivity contribution in [3.63, 3.8) is 0 Å². The van der Waals surface area contributed by atoms with Gasteiger partial charge in [0.05, 0.1) is 26.4 Å². The number of esters is 2. The summed E-state index contributed by atoms with van der Waals surface area (Å²) in [5.74, 6) is -1.02. The van der Waals surface area contributed by atoms with Crippen LogP contribution in [0.4, 0.5) is 0 Å². The Morgan fingerprint density at radius 2 is 0.734 bits per heavy atom. The third kappa shape index (κ3) is 46.5. The third-order valence-electron chi connectivity index (χ3n) is 11.3. The van der Waals surface area contributed by atoms with Gasteiger partial charge < -0.3 is 24.6 Å². The maximum atomic E-state index is 12.4. The fourth-order valence-corrected chi connectivity index (χ4v) is 8.13. The van der Waals surface area contributed by atoms with Crippen molar-refractivity contribution in [1.29, 1.82) is 0 Å². The van der Waals surface area contributed by atoms with Crippen LogP contribution >= 0.6 is 7.82 Å². The molecule has 11 heteroatoms. The van der Waals surface area contributed by atoms with E-state index < -0.39 is 58.4 Å². The Kier molecular flexibility index (Phi) is 47.3. The zero-order valence-corrected chi connectivity index (χ0v) is 41.9. The second-order valence-electron chi connectivity index (χ2n) is 17.5. The van der Waals surface area contributed by atoms with E-state index in [0.717, 1.165) is 70.6 Å². The number of unbranched alkanes of at least 4 members (excludes halogenated alkanes) is 27. The molecule has 0 aliphatic rings. The minimum atomic E-state index is -4.65. The highest BCUT2D eigenvalue weighted by Crippen LogP contribution is 2.43. The van der Waals surface area contributed by atoms with Gasteiger partial charge >= 0.3 is 19.8 Å². The maximum absolute atomic E-state index is 12.4. The van der Waals surface area contributed by atoms with Crippen LogP contribution in [-0.4, -0.2) is 65.7 Å². The van der Waals surface area contributed by atoms with E-state index in [0.29, 0.717) is 12.8 Å². The second-order valence-corrected chi connectivity index (χ2v) is 18.9. The van der Waals surface area contributed by atoms with E-state index >= 15 is 0 Å². The fraction of sp³-hybridized carbons (Fsp3) is 0.811. The summed E-state index contributed by atoms with van der Waals surface area (Å²) >= 11 is 0. The van der Waals surface area contributed by atoms with E-state index in [-0.39, 0.29) is 12.8 Å². The highest BCUT2D eigenvalue weighted by molar-refractivity contribution is 7.47. The number of rotatable bonds is 49. The number of hydrogen-bond donors (Lipinski definition) is 3. The first-order valence-electron chi connectivity index (χ1n) is 26.1. The molecule has 3 N–H and O–H groups in total. The van der Waals surface area contributed by atoms with E-state index in [2.05, 4.69) is 62.5 Å². The molecule has 374 valence electrons. The van der Waals surface area contributed by atoms with Gasteiger partial charge in [-0.1, -0.05) is 223 Å². The number of hydrogen-bond acceptors (Lipinski definition) is 9. The summed E-state index contributed by atoms with van der Waals surface area (Å²) in [6.07, 6.45) is 55.1. The molecule has 10 nitrogen and oxygen atoms in total. The van der Waals surface area contributed by atoms with E-state index in [9.17, 15) is 29.3 Å². The first kappa shape index (κ1) is 61.9. The number of carbonyl (C=O) groups excluding carboxylic acids is 2. The Morgan fingerprint density at radius 1 is 0.438 bits per heavy atom. The predicted molar refractivity (Wildman–Crippen MR) is 265 cm³/mol. The molecular weight excluding hydrogens is 828 g/mol. The molecule has 0 rings (SSSR count). The molecule has 64 heavy (non-hydrogen) atoms. The van der Waals surface area contributed by atoms with Crippen molar-refractivity contribution in [3.05, 3.63) is 48.6 Å². The molecule has 0 aliphatic carbocycles. The summed E-state index contributed by atoms with van der Waals surface area (Å²) in [6.45, 7) is 2.13. The van der Waals surface area contributed by atoms with E-state index in [1.807, 2.05) is 0 Å². The van der Waals surface area contributed by atoms with Crippen molar-refractivity contribution in [2.24, 2.45) is 0 Å². The minimum Gasteiger partial charge on any atom is -0.457 e. The molecule has 0 aliphatic heterocycles. The SMILES string of the molecule is CC/C=C\C/C=C\C/C=C\C/C=C\CCCCCCCCCCC(=O)OC(CO)COP(=O)(O)OCC(CO)OC(=O)CCCCCCCCCCCCCCCCCCCCCC. The second kappa shape index (κ2) is 48.9.